The molecule has 5 heteroatoms. The van der Waals surface area contributed by atoms with Crippen LogP contribution in [0.5, 0.6) is 0 Å². The second kappa shape index (κ2) is 3.92. The summed E-state index contributed by atoms with van der Waals surface area (Å²) >= 11 is 0. The second-order valence-electron chi connectivity index (χ2n) is 4.51. The van der Waals surface area contributed by atoms with E-state index in [4.69, 9.17) is 4.74 Å². The largest absolute Gasteiger partial charge is 0.453 e. The van der Waals surface area contributed by atoms with Crippen LogP contribution in [-0.4, -0.2) is 23.6 Å². The summed E-state index contributed by atoms with van der Waals surface area (Å²) in [5.41, 5.74) is 0.180. The Bertz CT molecular complexity index is 315. The fourth-order valence-electron chi connectivity index (χ4n) is 1.16. The molecular weight excluding hydrogens is 196 g/mol. The maximum atomic E-state index is 11.4. The molecule has 0 spiro atoms. The van der Waals surface area contributed by atoms with Crippen LogP contribution in [0, 0.1) is 0 Å². The first-order valence-corrected chi connectivity index (χ1v) is 4.79. The fraction of sp³-hybridized carbons (Fsp3) is 0.600. The first kappa shape index (κ1) is 11.6. The number of cyclic esters (lactones) is 1. The Labute approximate surface area is 88.9 Å². The molecule has 0 radical (unpaired) electrons. The van der Waals surface area contributed by atoms with Crippen molar-refractivity contribution in [3.05, 3.63) is 11.8 Å². The highest BCUT2D eigenvalue weighted by atomic mass is 16.5. The van der Waals surface area contributed by atoms with Crippen molar-refractivity contribution in [3.63, 3.8) is 0 Å². The van der Waals surface area contributed by atoms with E-state index in [2.05, 4.69) is 10.6 Å². The van der Waals surface area contributed by atoms with E-state index in [9.17, 15) is 9.59 Å². The van der Waals surface area contributed by atoms with Crippen LogP contribution in [0.2, 0.25) is 0 Å². The van der Waals surface area contributed by atoms with Crippen LogP contribution in [0.4, 0.5) is 4.79 Å². The van der Waals surface area contributed by atoms with E-state index in [1.165, 1.54) is 6.08 Å². The van der Waals surface area contributed by atoms with Crippen molar-refractivity contribution in [1.29, 1.82) is 0 Å². The highest BCUT2D eigenvalue weighted by Gasteiger charge is 2.24. The Morgan fingerprint density at radius 2 is 2.07 bits per heavy atom. The number of esters is 1. The van der Waals surface area contributed by atoms with Crippen molar-refractivity contribution in [2.24, 2.45) is 0 Å². The van der Waals surface area contributed by atoms with Crippen molar-refractivity contribution in [2.75, 3.05) is 0 Å². The lowest BCUT2D eigenvalue weighted by atomic mass is 10.1. The molecule has 15 heavy (non-hydrogen) atoms. The van der Waals surface area contributed by atoms with Gasteiger partial charge in [-0.25, -0.2) is 9.59 Å². The van der Waals surface area contributed by atoms with Gasteiger partial charge in [0.1, 0.15) is 6.10 Å². The summed E-state index contributed by atoms with van der Waals surface area (Å²) in [7, 11) is 0. The first-order chi connectivity index (χ1) is 6.78. The standard InChI is InChI=1S/C10H16N2O3/c1-6-7(5-8(13)15-6)11-9(14)12-10(2,3)4/h5-6H,1-4H3,(H2,11,12,14). The maximum absolute atomic E-state index is 11.4. The lowest BCUT2D eigenvalue weighted by Gasteiger charge is -2.21. The molecule has 0 fully saturated rings. The average Bonchev–Trinajstić information content (AvgIpc) is 2.25. The van der Waals surface area contributed by atoms with Crippen LogP contribution >= 0.6 is 0 Å². The smallest absolute Gasteiger partial charge is 0.333 e. The van der Waals surface area contributed by atoms with Gasteiger partial charge in [-0.2, -0.15) is 0 Å². The minimum Gasteiger partial charge on any atom is -0.453 e. The predicted molar refractivity (Wildman–Crippen MR) is 55.1 cm³/mol. The number of carbonyl (C=O) groups excluding carboxylic acids is 2. The monoisotopic (exact) mass is 212 g/mol. The lowest BCUT2D eigenvalue weighted by Crippen LogP contribution is -2.46. The summed E-state index contributed by atoms with van der Waals surface area (Å²) < 4.78 is 4.83. The van der Waals surface area contributed by atoms with Gasteiger partial charge < -0.3 is 15.4 Å². The number of ether oxygens (including phenoxy) is 1. The molecule has 1 atom stereocenters. The third-order valence-electron chi connectivity index (χ3n) is 1.75. The maximum Gasteiger partial charge on any atom is 0.333 e. The van der Waals surface area contributed by atoms with Crippen molar-refractivity contribution in [3.8, 4) is 0 Å². The van der Waals surface area contributed by atoms with Gasteiger partial charge in [-0.3, -0.25) is 0 Å². The van der Waals surface area contributed by atoms with Gasteiger partial charge >= 0.3 is 12.0 Å². The molecule has 5 nitrogen and oxygen atoms in total. The summed E-state index contributed by atoms with van der Waals surface area (Å²) in [6.07, 6.45) is 0.899. The Balaban J connectivity index is 2.52. The first-order valence-electron chi connectivity index (χ1n) is 4.79. The van der Waals surface area contributed by atoms with Crippen LogP contribution < -0.4 is 10.6 Å². The topological polar surface area (TPSA) is 67.4 Å². The zero-order chi connectivity index (χ0) is 11.6. The number of amides is 2. The van der Waals surface area contributed by atoms with Crippen LogP contribution in [0.3, 0.4) is 0 Å². The van der Waals surface area contributed by atoms with E-state index in [1.807, 2.05) is 20.8 Å². The normalized spacial score (nSPS) is 20.7. The van der Waals surface area contributed by atoms with E-state index in [0.717, 1.165) is 0 Å². The Kier molecular flexibility index (Phi) is 3.02. The molecule has 1 rings (SSSR count). The van der Waals surface area contributed by atoms with Gasteiger partial charge in [0.25, 0.3) is 0 Å². The second-order valence-corrected chi connectivity index (χ2v) is 4.51. The number of nitrogens with one attached hydrogen (secondary N) is 2. The molecule has 0 bridgehead atoms. The minimum atomic E-state index is -0.423. The highest BCUT2D eigenvalue weighted by molar-refractivity contribution is 5.87. The molecule has 1 unspecified atom stereocenters. The Morgan fingerprint density at radius 1 is 1.47 bits per heavy atom. The van der Waals surface area contributed by atoms with Crippen LogP contribution in [-0.2, 0) is 9.53 Å². The number of rotatable bonds is 1. The summed E-state index contributed by atoms with van der Waals surface area (Å²) in [5.74, 6) is -0.423. The van der Waals surface area contributed by atoms with Crippen molar-refractivity contribution < 1.29 is 14.3 Å². The minimum absolute atomic E-state index is 0.308. The molecule has 84 valence electrons. The third-order valence-corrected chi connectivity index (χ3v) is 1.75. The van der Waals surface area contributed by atoms with Crippen LogP contribution in [0.15, 0.2) is 11.8 Å². The molecule has 0 saturated heterocycles. The Morgan fingerprint density at radius 3 is 2.47 bits per heavy atom. The zero-order valence-electron chi connectivity index (χ0n) is 9.38. The SMILES string of the molecule is CC1OC(=O)C=C1NC(=O)NC(C)(C)C. The average molecular weight is 212 g/mol. The van der Waals surface area contributed by atoms with E-state index in [-0.39, 0.29) is 17.7 Å². The van der Waals surface area contributed by atoms with E-state index in [0.29, 0.717) is 5.70 Å². The Hall–Kier alpha value is -1.52. The molecule has 2 N–H and O–H groups in total. The number of hydrogen-bond donors (Lipinski definition) is 2. The molecule has 1 aliphatic rings. The van der Waals surface area contributed by atoms with E-state index < -0.39 is 5.97 Å². The molecule has 1 heterocycles. The molecule has 0 aromatic carbocycles. The van der Waals surface area contributed by atoms with Gasteiger partial charge in [-0.05, 0) is 27.7 Å². The van der Waals surface area contributed by atoms with Gasteiger partial charge in [0.15, 0.2) is 0 Å². The quantitative estimate of drug-likeness (QED) is 0.635. The summed E-state index contributed by atoms with van der Waals surface area (Å²) in [4.78, 5) is 22.3. The number of carbonyl (C=O) groups is 2. The van der Waals surface area contributed by atoms with Gasteiger partial charge in [-0.1, -0.05) is 0 Å². The predicted octanol–water partition coefficient (Wildman–Crippen LogP) is 0.913. The molecule has 0 aromatic heterocycles. The molecule has 1 aliphatic heterocycles. The highest BCUT2D eigenvalue weighted by Crippen LogP contribution is 2.11. The van der Waals surface area contributed by atoms with E-state index >= 15 is 0 Å². The van der Waals surface area contributed by atoms with Crippen molar-refractivity contribution in [1.82, 2.24) is 10.6 Å². The van der Waals surface area contributed by atoms with Crippen molar-refractivity contribution in [2.45, 2.75) is 39.3 Å². The molecule has 0 aliphatic carbocycles. The summed E-state index contributed by atoms with van der Waals surface area (Å²) in [6.45, 7) is 7.33. The van der Waals surface area contributed by atoms with Crippen molar-refractivity contribution >= 4 is 12.0 Å². The molecule has 0 saturated carbocycles. The van der Waals surface area contributed by atoms with E-state index in [1.54, 1.807) is 6.92 Å². The summed E-state index contributed by atoms with van der Waals surface area (Å²) in [6, 6.07) is -0.334. The summed E-state index contributed by atoms with van der Waals surface area (Å²) in [5, 5.41) is 5.30. The number of hydrogen-bond acceptors (Lipinski definition) is 3. The van der Waals surface area contributed by atoms with Crippen LogP contribution in [0.25, 0.3) is 0 Å². The van der Waals surface area contributed by atoms with Gasteiger partial charge in [0.05, 0.1) is 5.70 Å². The lowest BCUT2D eigenvalue weighted by molar-refractivity contribution is -0.138. The van der Waals surface area contributed by atoms with Gasteiger partial charge in [-0.15, -0.1) is 0 Å². The zero-order valence-corrected chi connectivity index (χ0v) is 9.38. The van der Waals surface area contributed by atoms with Gasteiger partial charge in [0, 0.05) is 11.6 Å². The van der Waals surface area contributed by atoms with Crippen LogP contribution in [0.1, 0.15) is 27.7 Å². The number of urea groups is 1. The fourth-order valence-corrected chi connectivity index (χ4v) is 1.16. The molecular formula is C10H16N2O3. The molecule has 0 aromatic rings. The molecule has 2 amide bonds. The third kappa shape index (κ3) is 3.61. The van der Waals surface area contributed by atoms with Gasteiger partial charge in [0.2, 0.25) is 0 Å².